The fourth-order valence-electron chi connectivity index (χ4n) is 4.24. The lowest BCUT2D eigenvalue weighted by Crippen LogP contribution is -2.53. The van der Waals surface area contributed by atoms with Crippen molar-refractivity contribution in [2.75, 3.05) is 16.8 Å². The van der Waals surface area contributed by atoms with E-state index >= 15 is 0 Å². The van der Waals surface area contributed by atoms with Gasteiger partial charge >= 0.3 is 0 Å². The lowest BCUT2D eigenvalue weighted by atomic mass is 9.79. The summed E-state index contributed by atoms with van der Waals surface area (Å²) in [6.45, 7) is 1.69. The highest BCUT2D eigenvalue weighted by atomic mass is 16.3. The van der Waals surface area contributed by atoms with E-state index in [1.54, 1.807) is 6.92 Å². The number of para-hydroxylation sites is 2. The van der Waals surface area contributed by atoms with Gasteiger partial charge < -0.3 is 15.3 Å². The molecule has 2 aliphatic rings. The Hall–Kier alpha value is -2.33. The fraction of sp³-hybridized carbons (Fsp3) is 0.381. The van der Waals surface area contributed by atoms with Crippen molar-refractivity contribution < 1.29 is 9.90 Å². The zero-order valence-electron chi connectivity index (χ0n) is 14.4. The molecule has 1 amide bonds. The summed E-state index contributed by atoms with van der Waals surface area (Å²) in [6, 6.07) is 18.2. The van der Waals surface area contributed by atoms with Crippen LogP contribution in [0.4, 0.5) is 11.4 Å². The first-order valence-corrected chi connectivity index (χ1v) is 9.02. The van der Waals surface area contributed by atoms with Gasteiger partial charge in [-0.3, -0.25) is 4.79 Å². The van der Waals surface area contributed by atoms with Crippen LogP contribution in [0.5, 0.6) is 0 Å². The van der Waals surface area contributed by atoms with Crippen LogP contribution in [0.3, 0.4) is 0 Å². The largest absolute Gasteiger partial charge is 0.396 e. The van der Waals surface area contributed by atoms with Gasteiger partial charge in [0.1, 0.15) is 0 Å². The Morgan fingerprint density at radius 1 is 1.12 bits per heavy atom. The van der Waals surface area contributed by atoms with Gasteiger partial charge in [0.2, 0.25) is 5.91 Å². The number of carbonyl (C=O) groups excluding carboxylic acids is 1. The molecule has 1 heterocycles. The van der Waals surface area contributed by atoms with E-state index in [4.69, 9.17) is 0 Å². The van der Waals surface area contributed by atoms with Crippen molar-refractivity contribution >= 4 is 17.3 Å². The second-order valence-corrected chi connectivity index (χ2v) is 7.11. The first-order chi connectivity index (χ1) is 12.2. The first-order valence-electron chi connectivity index (χ1n) is 9.02. The molecule has 4 nitrogen and oxygen atoms in total. The number of aliphatic hydroxyl groups is 1. The highest BCUT2D eigenvalue weighted by molar-refractivity contribution is 5.94. The van der Waals surface area contributed by atoms with Crippen molar-refractivity contribution in [3.8, 4) is 0 Å². The van der Waals surface area contributed by atoms with Crippen LogP contribution in [0, 0.1) is 11.8 Å². The van der Waals surface area contributed by atoms with E-state index in [-0.39, 0.29) is 30.5 Å². The maximum absolute atomic E-state index is 12.5. The molecular weight excluding hydrogens is 312 g/mol. The Kier molecular flexibility index (Phi) is 4.22. The molecule has 0 spiro atoms. The van der Waals surface area contributed by atoms with E-state index in [1.807, 2.05) is 53.4 Å². The molecular formula is C21H24N2O2. The maximum Gasteiger partial charge on any atom is 0.224 e. The summed E-state index contributed by atoms with van der Waals surface area (Å²) in [6.07, 6.45) is 2.26. The van der Waals surface area contributed by atoms with E-state index in [0.29, 0.717) is 5.92 Å². The van der Waals surface area contributed by atoms with E-state index < -0.39 is 0 Å². The monoisotopic (exact) mass is 336 g/mol. The first kappa shape index (κ1) is 16.2. The van der Waals surface area contributed by atoms with Crippen LogP contribution < -0.4 is 10.2 Å². The third kappa shape index (κ3) is 2.91. The van der Waals surface area contributed by atoms with Crippen LogP contribution >= 0.6 is 0 Å². The molecule has 2 aromatic rings. The summed E-state index contributed by atoms with van der Waals surface area (Å²) < 4.78 is 0. The van der Waals surface area contributed by atoms with Crippen LogP contribution in [-0.2, 0) is 4.79 Å². The smallest absolute Gasteiger partial charge is 0.224 e. The van der Waals surface area contributed by atoms with E-state index in [2.05, 4.69) is 11.4 Å². The van der Waals surface area contributed by atoms with Crippen molar-refractivity contribution in [3.05, 3.63) is 60.2 Å². The number of nitrogens with zero attached hydrogens (tertiary/aromatic N) is 1. The molecule has 1 unspecified atom stereocenters. The van der Waals surface area contributed by atoms with Gasteiger partial charge in [-0.15, -0.1) is 0 Å². The molecule has 0 bridgehead atoms. The lowest BCUT2D eigenvalue weighted by molar-refractivity contribution is -0.117. The number of hydrogen-bond donors (Lipinski definition) is 2. The van der Waals surface area contributed by atoms with Crippen LogP contribution in [-0.4, -0.2) is 23.7 Å². The standard InChI is InChI=1S/C21H24N2O2/c1-14(25)23-19-10-6-5-9-17(19)20(22-16-7-3-2-4-8-16)18(13-24)21(23)15-11-12-15/h2-10,15,18,20-22,24H,11-13H2,1H3/t18-,20?,21+/m1/s1. The summed E-state index contributed by atoms with van der Waals surface area (Å²) in [5, 5.41) is 13.8. The molecule has 0 radical (unpaired) electrons. The molecule has 2 aromatic carbocycles. The van der Waals surface area contributed by atoms with Gasteiger partial charge in [0.15, 0.2) is 0 Å². The number of benzene rings is 2. The number of hydrogen-bond acceptors (Lipinski definition) is 3. The van der Waals surface area contributed by atoms with Gasteiger partial charge in [-0.2, -0.15) is 0 Å². The minimum Gasteiger partial charge on any atom is -0.396 e. The number of rotatable bonds is 4. The molecule has 130 valence electrons. The van der Waals surface area contributed by atoms with Crippen molar-refractivity contribution in [1.82, 2.24) is 0 Å². The number of nitrogens with one attached hydrogen (secondary N) is 1. The van der Waals surface area contributed by atoms with E-state index in [1.165, 1.54) is 0 Å². The van der Waals surface area contributed by atoms with Crippen LogP contribution in [0.15, 0.2) is 54.6 Å². The highest BCUT2D eigenvalue weighted by Crippen LogP contribution is 2.49. The Bertz CT molecular complexity index is 758. The number of anilines is 2. The predicted molar refractivity (Wildman–Crippen MR) is 99.5 cm³/mol. The van der Waals surface area contributed by atoms with Crippen molar-refractivity contribution in [2.24, 2.45) is 11.8 Å². The highest BCUT2D eigenvalue weighted by Gasteiger charge is 2.48. The van der Waals surface area contributed by atoms with E-state index in [0.717, 1.165) is 29.8 Å². The molecule has 4 heteroatoms. The van der Waals surface area contributed by atoms with Gasteiger partial charge in [0.05, 0.1) is 12.6 Å². The molecule has 3 atom stereocenters. The predicted octanol–water partition coefficient (Wildman–Crippen LogP) is 3.59. The molecule has 1 saturated carbocycles. The zero-order valence-corrected chi connectivity index (χ0v) is 14.4. The van der Waals surface area contributed by atoms with Crippen molar-refractivity contribution in [1.29, 1.82) is 0 Å². The van der Waals surface area contributed by atoms with E-state index in [9.17, 15) is 9.90 Å². The Morgan fingerprint density at radius 2 is 1.80 bits per heavy atom. The average Bonchev–Trinajstić information content (AvgIpc) is 3.46. The summed E-state index contributed by atoms with van der Waals surface area (Å²) in [7, 11) is 0. The minimum atomic E-state index is -0.0218. The summed E-state index contributed by atoms with van der Waals surface area (Å²) in [4.78, 5) is 14.4. The Labute approximate surface area is 148 Å². The molecule has 0 aromatic heterocycles. The molecule has 1 aliphatic carbocycles. The summed E-state index contributed by atoms with van der Waals surface area (Å²) >= 11 is 0. The maximum atomic E-state index is 12.5. The summed E-state index contributed by atoms with van der Waals surface area (Å²) in [5.74, 6) is 0.516. The molecule has 0 saturated heterocycles. The third-order valence-corrected chi connectivity index (χ3v) is 5.45. The number of fused-ring (bicyclic) bond motifs is 1. The second kappa shape index (κ2) is 6.52. The summed E-state index contributed by atoms with van der Waals surface area (Å²) in [5.41, 5.74) is 3.09. The zero-order chi connectivity index (χ0) is 17.4. The van der Waals surface area contributed by atoms with Crippen LogP contribution in [0.2, 0.25) is 0 Å². The van der Waals surface area contributed by atoms with Crippen LogP contribution in [0.1, 0.15) is 31.4 Å². The Balaban J connectivity index is 1.80. The topological polar surface area (TPSA) is 52.6 Å². The molecule has 1 aliphatic heterocycles. The molecule has 4 rings (SSSR count). The fourth-order valence-corrected chi connectivity index (χ4v) is 4.24. The SMILES string of the molecule is CC(=O)N1c2ccccc2C(Nc2ccccc2)[C@@H](CO)[C@@H]1C1CC1. The van der Waals surface area contributed by atoms with Gasteiger partial charge in [0.25, 0.3) is 0 Å². The second-order valence-electron chi connectivity index (χ2n) is 7.11. The Morgan fingerprint density at radius 3 is 2.44 bits per heavy atom. The average molecular weight is 336 g/mol. The molecule has 1 fully saturated rings. The van der Waals surface area contributed by atoms with Gasteiger partial charge in [-0.1, -0.05) is 36.4 Å². The molecule has 2 N–H and O–H groups in total. The number of aliphatic hydroxyl groups excluding tert-OH is 1. The quantitative estimate of drug-likeness (QED) is 0.897. The number of carbonyl (C=O) groups is 1. The van der Waals surface area contributed by atoms with Crippen molar-refractivity contribution in [2.45, 2.75) is 31.8 Å². The van der Waals surface area contributed by atoms with Gasteiger partial charge in [0, 0.05) is 30.3 Å². The van der Waals surface area contributed by atoms with Gasteiger partial charge in [-0.25, -0.2) is 0 Å². The normalized spacial score (nSPS) is 25.4. The van der Waals surface area contributed by atoms with Crippen LogP contribution in [0.25, 0.3) is 0 Å². The van der Waals surface area contributed by atoms with Gasteiger partial charge in [-0.05, 0) is 42.5 Å². The van der Waals surface area contributed by atoms with Crippen molar-refractivity contribution in [3.63, 3.8) is 0 Å². The number of amides is 1. The lowest BCUT2D eigenvalue weighted by Gasteiger charge is -2.46. The third-order valence-electron chi connectivity index (χ3n) is 5.45. The minimum absolute atomic E-state index is 0.00944. The molecule has 25 heavy (non-hydrogen) atoms.